The quantitative estimate of drug-likeness (QED) is 0.621. The second kappa shape index (κ2) is 6.54. The lowest BCUT2D eigenvalue weighted by Crippen LogP contribution is -2.29. The summed E-state index contributed by atoms with van der Waals surface area (Å²) in [4.78, 5) is 1.31. The van der Waals surface area contributed by atoms with Crippen molar-refractivity contribution in [2.45, 2.75) is 19.4 Å². The molecule has 96 valence electrons. The van der Waals surface area contributed by atoms with Gasteiger partial charge in [-0.2, -0.15) is 0 Å². The summed E-state index contributed by atoms with van der Waals surface area (Å²) in [5, 5.41) is 2.08. The minimum absolute atomic E-state index is 0.0754. The number of nitrogens with one attached hydrogen (secondary N) is 1. The molecule has 0 aliphatic heterocycles. The summed E-state index contributed by atoms with van der Waals surface area (Å²) < 4.78 is 5.65. The van der Waals surface area contributed by atoms with Gasteiger partial charge in [0.05, 0.1) is 12.6 Å². The molecule has 0 aliphatic rings. The zero-order valence-electron chi connectivity index (χ0n) is 10.4. The number of benzene rings is 1. The summed E-state index contributed by atoms with van der Waals surface area (Å²) >= 11 is 1.74. The molecule has 4 heteroatoms. The predicted molar refractivity (Wildman–Crippen MR) is 75.7 cm³/mol. The van der Waals surface area contributed by atoms with Gasteiger partial charge in [0.15, 0.2) is 0 Å². The fraction of sp³-hybridized carbons (Fsp3) is 0.286. The summed E-state index contributed by atoms with van der Waals surface area (Å²) in [5.74, 6) is 6.59. The van der Waals surface area contributed by atoms with Gasteiger partial charge in [0.25, 0.3) is 0 Å². The lowest BCUT2D eigenvalue weighted by molar-refractivity contribution is 0.331. The highest BCUT2D eigenvalue weighted by Crippen LogP contribution is 2.28. The van der Waals surface area contributed by atoms with Crippen molar-refractivity contribution in [1.29, 1.82) is 0 Å². The number of para-hydroxylation sites is 1. The normalized spacial score (nSPS) is 12.3. The first kappa shape index (κ1) is 13.1. The SMILES string of the molecule is CCOc1ccccc1C(Cc1cccs1)NN. The molecule has 0 saturated heterocycles. The Labute approximate surface area is 112 Å². The van der Waals surface area contributed by atoms with Crippen molar-refractivity contribution in [3.8, 4) is 5.75 Å². The van der Waals surface area contributed by atoms with Crippen LogP contribution >= 0.6 is 11.3 Å². The largest absolute Gasteiger partial charge is 0.494 e. The van der Waals surface area contributed by atoms with Gasteiger partial charge in [-0.05, 0) is 24.4 Å². The third-order valence-electron chi connectivity index (χ3n) is 2.78. The standard InChI is InChI=1S/C14H18N2OS/c1-2-17-14-8-4-3-7-12(14)13(16-15)10-11-6-5-9-18-11/h3-9,13,16H,2,10,15H2,1H3. The summed E-state index contributed by atoms with van der Waals surface area (Å²) in [6, 6.07) is 12.3. The molecule has 3 nitrogen and oxygen atoms in total. The van der Waals surface area contributed by atoms with Crippen molar-refractivity contribution in [3.05, 3.63) is 52.2 Å². The fourth-order valence-corrected chi connectivity index (χ4v) is 2.70. The van der Waals surface area contributed by atoms with Crippen LogP contribution in [0.5, 0.6) is 5.75 Å². The number of hydrazine groups is 1. The number of hydrogen-bond acceptors (Lipinski definition) is 4. The van der Waals surface area contributed by atoms with E-state index in [4.69, 9.17) is 10.6 Å². The highest BCUT2D eigenvalue weighted by Gasteiger charge is 2.15. The van der Waals surface area contributed by atoms with Gasteiger partial charge in [-0.3, -0.25) is 11.3 Å². The molecular formula is C14H18N2OS. The Hall–Kier alpha value is -1.36. The van der Waals surface area contributed by atoms with Crippen molar-refractivity contribution in [3.63, 3.8) is 0 Å². The van der Waals surface area contributed by atoms with Crippen LogP contribution in [0.25, 0.3) is 0 Å². The van der Waals surface area contributed by atoms with Crippen molar-refractivity contribution < 1.29 is 4.74 Å². The molecule has 0 bridgehead atoms. The van der Waals surface area contributed by atoms with Crippen LogP contribution in [0.2, 0.25) is 0 Å². The summed E-state index contributed by atoms with van der Waals surface area (Å²) in [5.41, 5.74) is 3.99. The zero-order chi connectivity index (χ0) is 12.8. The lowest BCUT2D eigenvalue weighted by Gasteiger charge is -2.19. The molecule has 0 aliphatic carbocycles. The van der Waals surface area contributed by atoms with Crippen LogP contribution in [-0.4, -0.2) is 6.61 Å². The van der Waals surface area contributed by atoms with E-state index in [1.165, 1.54) is 4.88 Å². The van der Waals surface area contributed by atoms with Crippen LogP contribution in [0, 0.1) is 0 Å². The Bertz CT molecular complexity index is 470. The van der Waals surface area contributed by atoms with E-state index < -0.39 is 0 Å². The second-order valence-corrected chi connectivity index (χ2v) is 5.01. The number of thiophene rings is 1. The molecular weight excluding hydrogens is 244 g/mol. The Morgan fingerprint density at radius 3 is 2.78 bits per heavy atom. The molecule has 0 radical (unpaired) electrons. The van der Waals surface area contributed by atoms with Crippen LogP contribution in [0.1, 0.15) is 23.4 Å². The molecule has 1 unspecified atom stereocenters. The van der Waals surface area contributed by atoms with Gasteiger partial charge < -0.3 is 4.74 Å². The van der Waals surface area contributed by atoms with Gasteiger partial charge in [0, 0.05) is 16.9 Å². The van der Waals surface area contributed by atoms with E-state index >= 15 is 0 Å². The maximum absolute atomic E-state index is 5.69. The van der Waals surface area contributed by atoms with Gasteiger partial charge >= 0.3 is 0 Å². The highest BCUT2D eigenvalue weighted by molar-refractivity contribution is 7.09. The predicted octanol–water partition coefficient (Wildman–Crippen LogP) is 2.89. The van der Waals surface area contributed by atoms with Crippen LogP contribution in [0.4, 0.5) is 0 Å². The number of rotatable bonds is 6. The maximum atomic E-state index is 5.69. The van der Waals surface area contributed by atoms with Crippen LogP contribution in [0.15, 0.2) is 41.8 Å². The Kier molecular flexibility index (Phi) is 4.75. The van der Waals surface area contributed by atoms with E-state index in [0.29, 0.717) is 6.61 Å². The Balaban J connectivity index is 2.21. The van der Waals surface area contributed by atoms with E-state index in [2.05, 4.69) is 29.0 Å². The van der Waals surface area contributed by atoms with Crippen LogP contribution in [0.3, 0.4) is 0 Å². The van der Waals surface area contributed by atoms with Crippen LogP contribution < -0.4 is 16.0 Å². The summed E-state index contributed by atoms with van der Waals surface area (Å²) in [6.45, 7) is 2.65. The Morgan fingerprint density at radius 1 is 1.28 bits per heavy atom. The van der Waals surface area contributed by atoms with Gasteiger partial charge in [0.1, 0.15) is 5.75 Å². The molecule has 18 heavy (non-hydrogen) atoms. The van der Waals surface area contributed by atoms with Gasteiger partial charge in [-0.1, -0.05) is 24.3 Å². The molecule has 0 amide bonds. The molecule has 2 rings (SSSR count). The van der Waals surface area contributed by atoms with E-state index in [0.717, 1.165) is 17.7 Å². The van der Waals surface area contributed by atoms with E-state index in [1.807, 2.05) is 25.1 Å². The topological polar surface area (TPSA) is 47.3 Å². The smallest absolute Gasteiger partial charge is 0.124 e. The van der Waals surface area contributed by atoms with Gasteiger partial charge in [-0.25, -0.2) is 0 Å². The third-order valence-corrected chi connectivity index (χ3v) is 3.68. The van der Waals surface area contributed by atoms with Gasteiger partial charge in [0.2, 0.25) is 0 Å². The molecule has 1 aromatic carbocycles. The molecule has 0 spiro atoms. The molecule has 3 N–H and O–H groups in total. The van der Waals surface area contributed by atoms with E-state index in [-0.39, 0.29) is 6.04 Å². The molecule has 2 aromatic rings. The second-order valence-electron chi connectivity index (χ2n) is 3.97. The molecule has 0 fully saturated rings. The molecule has 0 saturated carbocycles. The number of nitrogens with two attached hydrogens (primary N) is 1. The monoisotopic (exact) mass is 262 g/mol. The van der Waals surface area contributed by atoms with E-state index in [1.54, 1.807) is 11.3 Å². The number of hydrogen-bond donors (Lipinski definition) is 2. The van der Waals surface area contributed by atoms with Crippen LogP contribution in [-0.2, 0) is 6.42 Å². The average molecular weight is 262 g/mol. The average Bonchev–Trinajstić information content (AvgIpc) is 2.90. The van der Waals surface area contributed by atoms with Crippen molar-refractivity contribution in [2.75, 3.05) is 6.61 Å². The third kappa shape index (κ3) is 3.10. The fourth-order valence-electron chi connectivity index (χ4n) is 1.94. The van der Waals surface area contributed by atoms with Crippen molar-refractivity contribution >= 4 is 11.3 Å². The highest BCUT2D eigenvalue weighted by atomic mass is 32.1. The van der Waals surface area contributed by atoms with Gasteiger partial charge in [-0.15, -0.1) is 11.3 Å². The van der Waals surface area contributed by atoms with Crippen molar-refractivity contribution in [1.82, 2.24) is 5.43 Å². The summed E-state index contributed by atoms with van der Waals surface area (Å²) in [7, 11) is 0. The zero-order valence-corrected chi connectivity index (χ0v) is 11.2. The summed E-state index contributed by atoms with van der Waals surface area (Å²) in [6.07, 6.45) is 0.873. The number of ether oxygens (including phenoxy) is 1. The van der Waals surface area contributed by atoms with E-state index in [9.17, 15) is 0 Å². The molecule has 1 heterocycles. The Morgan fingerprint density at radius 2 is 2.11 bits per heavy atom. The minimum atomic E-state index is 0.0754. The first-order chi connectivity index (χ1) is 8.85. The molecule has 1 atom stereocenters. The van der Waals surface area contributed by atoms with Crippen molar-refractivity contribution in [2.24, 2.45) is 5.84 Å². The first-order valence-electron chi connectivity index (χ1n) is 6.05. The molecule has 1 aromatic heterocycles. The minimum Gasteiger partial charge on any atom is -0.494 e. The lowest BCUT2D eigenvalue weighted by atomic mass is 10.0. The maximum Gasteiger partial charge on any atom is 0.124 e. The first-order valence-corrected chi connectivity index (χ1v) is 6.93.